The number of unbranched alkanes of at least 4 members (excludes halogenated alkanes) is 2. The van der Waals surface area contributed by atoms with Crippen molar-refractivity contribution in [1.29, 1.82) is 0 Å². The molecule has 6 heteroatoms. The fourth-order valence-electron chi connectivity index (χ4n) is 4.64. The number of halogens is 3. The monoisotopic (exact) mass is 441 g/mol. The smallest absolute Gasteiger partial charge is 0.310 e. The van der Waals surface area contributed by atoms with Crippen LogP contribution in [0.25, 0.3) is 10.9 Å². The first-order valence-corrected chi connectivity index (χ1v) is 11.4. The maximum Gasteiger partial charge on any atom is 0.416 e. The summed E-state index contributed by atoms with van der Waals surface area (Å²) in [6.45, 7) is 0.980. The van der Waals surface area contributed by atoms with Gasteiger partial charge in [-0.15, -0.1) is 0 Å². The van der Waals surface area contributed by atoms with Crippen LogP contribution in [0.1, 0.15) is 61.3 Å². The Bertz CT molecular complexity index is 1030. The topological polar surface area (TPSA) is 44.8 Å². The molecule has 1 saturated heterocycles. The van der Waals surface area contributed by atoms with E-state index in [-0.39, 0.29) is 11.9 Å². The first kappa shape index (κ1) is 22.6. The molecule has 2 heterocycles. The number of piperidine rings is 1. The van der Waals surface area contributed by atoms with Crippen LogP contribution in [0.5, 0.6) is 5.88 Å². The molecule has 0 amide bonds. The van der Waals surface area contributed by atoms with Crippen LogP contribution in [0.3, 0.4) is 0 Å². The zero-order valence-electron chi connectivity index (χ0n) is 18.0. The van der Waals surface area contributed by atoms with Crippen LogP contribution < -0.4 is 5.32 Å². The average Bonchev–Trinajstić information content (AvgIpc) is 2.78. The third-order valence-corrected chi connectivity index (χ3v) is 6.46. The van der Waals surface area contributed by atoms with Crippen molar-refractivity contribution in [2.24, 2.45) is 5.92 Å². The summed E-state index contributed by atoms with van der Waals surface area (Å²) in [5.41, 5.74) is 2.31. The minimum Gasteiger partial charge on any atom is -0.310 e. The molecule has 1 aromatic heterocycles. The quantitative estimate of drug-likeness (QED) is 0.393. The van der Waals surface area contributed by atoms with Gasteiger partial charge in [0.05, 0.1) is 11.1 Å². The number of alkyl halides is 3. The number of nitrogens with zero attached hydrogens (tertiary/aromatic N) is 1. The molecule has 1 N–H and O–H groups in total. The van der Waals surface area contributed by atoms with Crippen LogP contribution in [0.4, 0.5) is 13.2 Å². The zero-order chi connectivity index (χ0) is 22.6. The summed E-state index contributed by atoms with van der Waals surface area (Å²) in [5, 5.41) is 16.1. The predicted octanol–water partition coefficient (Wildman–Crippen LogP) is 7.24. The van der Waals surface area contributed by atoms with E-state index in [4.69, 9.17) is 0 Å². The van der Waals surface area contributed by atoms with Gasteiger partial charge in [-0.2, -0.15) is 13.2 Å². The summed E-state index contributed by atoms with van der Waals surface area (Å²) in [7, 11) is 0. The highest BCUT2D eigenvalue weighted by molar-refractivity contribution is 5.79. The van der Waals surface area contributed by atoms with Crippen molar-refractivity contribution in [3.05, 3.63) is 71.3 Å². The molecule has 2 aromatic carbocycles. The Labute approximate surface area is 186 Å². The van der Waals surface area contributed by atoms with Gasteiger partial charge in [0.25, 0.3) is 5.88 Å². The van der Waals surface area contributed by atoms with Crippen molar-refractivity contribution >= 4 is 10.9 Å². The first-order valence-electron chi connectivity index (χ1n) is 11.4. The van der Waals surface area contributed by atoms with E-state index in [2.05, 4.69) is 16.4 Å². The van der Waals surface area contributed by atoms with Gasteiger partial charge in [0, 0.05) is 17.5 Å². The number of hydrogen-bond acceptors (Lipinski definition) is 2. The van der Waals surface area contributed by atoms with Crippen molar-refractivity contribution in [2.45, 2.75) is 57.2 Å². The molecule has 1 aliphatic rings. The fraction of sp³-hybridized carbons (Fsp3) is 0.423. The molecule has 0 bridgehead atoms. The zero-order valence-corrected chi connectivity index (χ0v) is 18.0. The van der Waals surface area contributed by atoms with Crippen molar-refractivity contribution in [2.75, 3.05) is 6.54 Å². The van der Waals surface area contributed by atoms with E-state index in [1.807, 2.05) is 18.2 Å². The number of aromatic nitrogens is 1. The number of hydrogen-bond donors (Lipinski definition) is 1. The van der Waals surface area contributed by atoms with Gasteiger partial charge in [-0.1, -0.05) is 43.5 Å². The molecule has 1 fully saturated rings. The third kappa shape index (κ3) is 5.80. The minimum absolute atomic E-state index is 0.208. The van der Waals surface area contributed by atoms with Crippen LogP contribution in [0.15, 0.2) is 54.6 Å². The number of aryl methyl sites for hydroxylation is 1. The summed E-state index contributed by atoms with van der Waals surface area (Å²) >= 11 is 0. The molecule has 169 valence electrons. The van der Waals surface area contributed by atoms with Gasteiger partial charge in [0.2, 0.25) is 0 Å². The maximum atomic E-state index is 12.6. The lowest BCUT2D eigenvalue weighted by atomic mass is 9.85. The Balaban J connectivity index is 1.22. The maximum absolute atomic E-state index is 12.6. The summed E-state index contributed by atoms with van der Waals surface area (Å²) < 4.78 is 37.9. The SMILES string of the molecule is [O]c1ccc2ccc(C3CC(CCCCCc4ccc(C(F)(F)F)cc4)CCN3)cc2n1. The second-order valence-electron chi connectivity index (χ2n) is 8.79. The molecule has 3 aromatic rings. The van der Waals surface area contributed by atoms with Crippen molar-refractivity contribution in [3.63, 3.8) is 0 Å². The van der Waals surface area contributed by atoms with Crippen LogP contribution in [0, 0.1) is 5.92 Å². The Morgan fingerprint density at radius 2 is 1.75 bits per heavy atom. The molecule has 1 aliphatic heterocycles. The summed E-state index contributed by atoms with van der Waals surface area (Å²) in [6.07, 6.45) is 3.16. The Morgan fingerprint density at radius 1 is 0.969 bits per heavy atom. The molecular formula is C26H28F3N2O. The van der Waals surface area contributed by atoms with E-state index in [1.54, 1.807) is 12.1 Å². The van der Waals surface area contributed by atoms with Gasteiger partial charge < -0.3 is 5.32 Å². The lowest BCUT2D eigenvalue weighted by Gasteiger charge is -2.31. The summed E-state index contributed by atoms with van der Waals surface area (Å²) in [5.74, 6) is 0.447. The van der Waals surface area contributed by atoms with Gasteiger partial charge in [0.1, 0.15) is 0 Å². The normalized spacial score (nSPS) is 19.3. The molecule has 4 rings (SSSR count). The van der Waals surface area contributed by atoms with E-state index in [9.17, 15) is 18.3 Å². The van der Waals surface area contributed by atoms with E-state index in [0.717, 1.165) is 61.5 Å². The standard InChI is InChI=1S/C26H28F3N2O/c27-26(28,29)22-11-6-18(7-12-22)4-2-1-3-5-19-14-15-30-23(16-19)21-9-8-20-10-13-25(32)31-24(20)17-21/h6-13,17,19,23,30H,1-5,14-16H2. The highest BCUT2D eigenvalue weighted by Gasteiger charge is 2.29. The molecule has 3 nitrogen and oxygen atoms in total. The second kappa shape index (κ2) is 9.90. The van der Waals surface area contributed by atoms with Gasteiger partial charge in [-0.05, 0) is 73.5 Å². The lowest BCUT2D eigenvalue weighted by Crippen LogP contribution is -2.31. The molecular weight excluding hydrogens is 413 g/mol. The molecule has 1 radical (unpaired) electrons. The Kier molecular flexibility index (Phi) is 6.99. The second-order valence-corrected chi connectivity index (χ2v) is 8.79. The van der Waals surface area contributed by atoms with Gasteiger partial charge in [-0.3, -0.25) is 5.11 Å². The third-order valence-electron chi connectivity index (χ3n) is 6.46. The molecule has 2 atom stereocenters. The van der Waals surface area contributed by atoms with E-state index >= 15 is 0 Å². The lowest BCUT2D eigenvalue weighted by molar-refractivity contribution is -0.137. The largest absolute Gasteiger partial charge is 0.416 e. The Hall–Kier alpha value is -2.60. The van der Waals surface area contributed by atoms with E-state index in [0.29, 0.717) is 5.92 Å². The highest BCUT2D eigenvalue weighted by Crippen LogP contribution is 2.32. The van der Waals surface area contributed by atoms with Crippen LogP contribution in [-0.2, 0) is 17.7 Å². The van der Waals surface area contributed by atoms with E-state index in [1.165, 1.54) is 30.2 Å². The number of fused-ring (bicyclic) bond motifs is 1. The first-order chi connectivity index (χ1) is 15.4. The highest BCUT2D eigenvalue weighted by atomic mass is 19.4. The van der Waals surface area contributed by atoms with Crippen molar-refractivity contribution < 1.29 is 18.3 Å². The van der Waals surface area contributed by atoms with Gasteiger partial charge >= 0.3 is 6.18 Å². The predicted molar refractivity (Wildman–Crippen MR) is 119 cm³/mol. The molecule has 0 aliphatic carbocycles. The summed E-state index contributed by atoms with van der Waals surface area (Å²) in [6, 6.07) is 15.3. The van der Waals surface area contributed by atoms with Crippen LogP contribution in [-0.4, -0.2) is 11.5 Å². The van der Waals surface area contributed by atoms with E-state index < -0.39 is 11.7 Å². The number of pyridine rings is 1. The van der Waals surface area contributed by atoms with Gasteiger partial charge in [-0.25, -0.2) is 4.98 Å². The average molecular weight is 442 g/mol. The Morgan fingerprint density at radius 3 is 2.53 bits per heavy atom. The number of nitrogens with one attached hydrogen (secondary N) is 1. The molecule has 32 heavy (non-hydrogen) atoms. The molecule has 0 spiro atoms. The van der Waals surface area contributed by atoms with Crippen LogP contribution in [0.2, 0.25) is 0 Å². The van der Waals surface area contributed by atoms with Crippen LogP contribution >= 0.6 is 0 Å². The minimum atomic E-state index is -4.27. The molecule has 0 saturated carbocycles. The van der Waals surface area contributed by atoms with Crippen molar-refractivity contribution in [3.8, 4) is 5.88 Å². The summed E-state index contributed by atoms with van der Waals surface area (Å²) in [4.78, 5) is 4.12. The molecule has 2 unspecified atom stereocenters. The van der Waals surface area contributed by atoms with Gasteiger partial charge in [0.15, 0.2) is 0 Å². The fourth-order valence-corrected chi connectivity index (χ4v) is 4.64. The van der Waals surface area contributed by atoms with Crippen molar-refractivity contribution in [1.82, 2.24) is 10.3 Å². The number of benzene rings is 2. The number of rotatable bonds is 7.